The quantitative estimate of drug-likeness (QED) is 0.235. The number of ketones is 2. The van der Waals surface area contributed by atoms with E-state index in [4.69, 9.17) is 24.7 Å². The molecule has 0 spiro atoms. The number of allylic oxidation sites excluding steroid dienone is 4. The highest BCUT2D eigenvalue weighted by atomic mass is 16.6. The van der Waals surface area contributed by atoms with Gasteiger partial charge in [0, 0.05) is 56.0 Å². The van der Waals surface area contributed by atoms with Crippen molar-refractivity contribution in [1.29, 1.82) is 0 Å². The maximum Gasteiger partial charge on any atom is 0.405 e. The summed E-state index contributed by atoms with van der Waals surface area (Å²) < 4.78 is 22.8. The number of methoxy groups -OCH3 is 2. The number of rotatable bonds is 7. The largest absolute Gasteiger partial charge is 0.439 e. The first kappa shape index (κ1) is 35.9. The van der Waals surface area contributed by atoms with Gasteiger partial charge < -0.3 is 45.3 Å². The summed E-state index contributed by atoms with van der Waals surface area (Å²) in [5, 5.41) is 16.8. The molecule has 1 aliphatic carbocycles. The molecule has 4 rings (SSSR count). The smallest absolute Gasteiger partial charge is 0.405 e. The monoisotopic (exact) mass is 630 g/mol. The number of nitrogens with one attached hydrogen (secondary N) is 2. The molecule has 7 unspecified atom stereocenters. The number of hydrogen-bond donors (Lipinski definition) is 4. The second-order valence-electron chi connectivity index (χ2n) is 11.9. The number of primary amides is 1. The van der Waals surface area contributed by atoms with Gasteiger partial charge in [-0.15, -0.1) is 0 Å². The number of Topliss-reactive ketones (excluding diaryl/α,β-unsaturated/α-hetero) is 1. The molecule has 2 amide bonds. The van der Waals surface area contributed by atoms with Crippen molar-refractivity contribution in [2.24, 2.45) is 17.6 Å². The molecule has 13 heteroatoms. The lowest BCUT2D eigenvalue weighted by Gasteiger charge is -2.39. The molecule has 4 aliphatic rings. The lowest BCUT2D eigenvalue weighted by atomic mass is 9.84. The van der Waals surface area contributed by atoms with Crippen molar-refractivity contribution >= 4 is 23.6 Å². The van der Waals surface area contributed by atoms with Gasteiger partial charge >= 0.3 is 6.09 Å². The molecule has 248 valence electrons. The van der Waals surface area contributed by atoms with Gasteiger partial charge in [-0.2, -0.15) is 0 Å². The summed E-state index contributed by atoms with van der Waals surface area (Å²) in [4.78, 5) is 53.9. The van der Waals surface area contributed by atoms with Crippen LogP contribution in [-0.4, -0.2) is 106 Å². The van der Waals surface area contributed by atoms with E-state index in [2.05, 4.69) is 10.6 Å². The Balaban J connectivity index is 2.09. The SMILES string of the molecule is COC1/C=C\C=C(/C)C(=O)NC2=CC(=O)C(NCCN(C)C)=C(CC(C)CC(OC)C3OC(O)C(=CC3C)C1OC(N)=O)C2=O. The standard InChI is InChI=1S/C32H46N4O9/c1-17-13-20-26(34-11-12-36(4)5)23(37)16-22(27(20)38)35-30(39)18(2)9-8-10-24(42-6)29(45-32(33)41)21-15-19(3)28(44-31(21)40)25(14-17)43-7/h8-10,15-17,19,24-25,28-29,31,34,40H,11-14H2,1-7H3,(H2,33,41)(H,35,39)/b10-8-,18-9+. The van der Waals surface area contributed by atoms with Crippen molar-refractivity contribution in [3.8, 4) is 0 Å². The van der Waals surface area contributed by atoms with E-state index in [0.717, 1.165) is 6.08 Å². The molecular formula is C32H46N4O9. The van der Waals surface area contributed by atoms with Crippen LogP contribution in [0.1, 0.15) is 33.6 Å². The number of fused-ring (bicyclic) bond motifs is 10. The van der Waals surface area contributed by atoms with Crippen molar-refractivity contribution in [3.05, 3.63) is 58.5 Å². The summed E-state index contributed by atoms with van der Waals surface area (Å²) in [7, 11) is 6.74. The van der Waals surface area contributed by atoms with E-state index in [1.54, 1.807) is 6.08 Å². The van der Waals surface area contributed by atoms with Gasteiger partial charge in [0.1, 0.15) is 6.10 Å². The van der Waals surface area contributed by atoms with E-state index < -0.39 is 54.3 Å². The second kappa shape index (κ2) is 16.1. The molecule has 45 heavy (non-hydrogen) atoms. The highest BCUT2D eigenvalue weighted by molar-refractivity contribution is 6.23. The molecule has 0 radical (unpaired) electrons. The fourth-order valence-corrected chi connectivity index (χ4v) is 5.62. The predicted octanol–water partition coefficient (Wildman–Crippen LogP) is 1.25. The third kappa shape index (κ3) is 9.21. The van der Waals surface area contributed by atoms with Crippen LogP contribution in [0.3, 0.4) is 0 Å². The lowest BCUT2D eigenvalue weighted by molar-refractivity contribution is -0.182. The van der Waals surface area contributed by atoms with E-state index in [1.165, 1.54) is 39.4 Å². The van der Waals surface area contributed by atoms with E-state index in [-0.39, 0.29) is 46.4 Å². The Labute approximate surface area is 264 Å². The first-order chi connectivity index (χ1) is 21.3. The molecule has 0 aromatic heterocycles. The first-order valence-corrected chi connectivity index (χ1v) is 14.9. The summed E-state index contributed by atoms with van der Waals surface area (Å²) in [6, 6.07) is 0. The van der Waals surface area contributed by atoms with E-state index in [0.29, 0.717) is 19.5 Å². The van der Waals surface area contributed by atoms with E-state index in [1.807, 2.05) is 32.8 Å². The molecule has 4 bridgehead atoms. The van der Waals surface area contributed by atoms with Crippen molar-refractivity contribution in [2.75, 3.05) is 41.4 Å². The Morgan fingerprint density at radius 3 is 2.53 bits per heavy atom. The molecule has 5 N–H and O–H groups in total. The minimum Gasteiger partial charge on any atom is -0.439 e. The normalized spacial score (nSPS) is 32.0. The van der Waals surface area contributed by atoms with Crippen LogP contribution >= 0.6 is 0 Å². The fraction of sp³-hybridized carbons (Fsp3) is 0.562. The molecule has 0 aromatic carbocycles. The maximum absolute atomic E-state index is 13.8. The van der Waals surface area contributed by atoms with Crippen LogP contribution < -0.4 is 16.4 Å². The van der Waals surface area contributed by atoms with Crippen molar-refractivity contribution < 1.29 is 43.2 Å². The van der Waals surface area contributed by atoms with Gasteiger partial charge in [-0.05, 0) is 39.8 Å². The van der Waals surface area contributed by atoms with E-state index >= 15 is 0 Å². The summed E-state index contributed by atoms with van der Waals surface area (Å²) in [6.45, 7) is 6.42. The Bertz CT molecular complexity index is 1300. The lowest BCUT2D eigenvalue weighted by Crippen LogP contribution is -2.47. The van der Waals surface area contributed by atoms with Crippen LogP contribution in [0.4, 0.5) is 4.79 Å². The Hall–Kier alpha value is -3.62. The third-order valence-corrected chi connectivity index (χ3v) is 8.00. The number of carbonyl (C=O) groups excluding carboxylic acids is 4. The number of likely N-dealkylation sites (N-methyl/N-ethyl adjacent to an activating group) is 1. The molecule has 13 nitrogen and oxygen atoms in total. The molecular weight excluding hydrogens is 584 g/mol. The molecule has 7 atom stereocenters. The van der Waals surface area contributed by atoms with Crippen molar-refractivity contribution in [3.63, 3.8) is 0 Å². The summed E-state index contributed by atoms with van der Waals surface area (Å²) in [5.74, 6) is -1.93. The van der Waals surface area contributed by atoms with Gasteiger partial charge in [0.25, 0.3) is 5.91 Å². The van der Waals surface area contributed by atoms with Crippen LogP contribution in [0.2, 0.25) is 0 Å². The molecule has 3 aliphatic heterocycles. The van der Waals surface area contributed by atoms with Gasteiger partial charge in [0.05, 0.1) is 23.6 Å². The average molecular weight is 631 g/mol. The van der Waals surface area contributed by atoms with Crippen molar-refractivity contribution in [1.82, 2.24) is 15.5 Å². The number of ether oxygens (including phenoxy) is 4. The Kier molecular flexibility index (Phi) is 12.8. The average Bonchev–Trinajstić information content (AvgIpc) is 2.97. The number of carbonyl (C=O) groups is 4. The van der Waals surface area contributed by atoms with Gasteiger partial charge in [0.2, 0.25) is 11.6 Å². The minimum absolute atomic E-state index is 0.113. The van der Waals surface area contributed by atoms with Gasteiger partial charge in [-0.3, -0.25) is 14.4 Å². The third-order valence-electron chi connectivity index (χ3n) is 8.00. The Morgan fingerprint density at radius 1 is 1.20 bits per heavy atom. The van der Waals surface area contributed by atoms with Crippen LogP contribution in [0.25, 0.3) is 0 Å². The highest BCUT2D eigenvalue weighted by Gasteiger charge is 2.41. The van der Waals surface area contributed by atoms with Crippen LogP contribution in [0.5, 0.6) is 0 Å². The van der Waals surface area contributed by atoms with Gasteiger partial charge in [-0.1, -0.05) is 38.2 Å². The molecule has 0 saturated heterocycles. The zero-order valence-electron chi connectivity index (χ0n) is 27.0. The minimum atomic E-state index is -1.47. The zero-order valence-corrected chi connectivity index (χ0v) is 27.0. The number of amides is 2. The summed E-state index contributed by atoms with van der Waals surface area (Å²) >= 11 is 0. The van der Waals surface area contributed by atoms with Crippen LogP contribution in [0.15, 0.2) is 58.5 Å². The second-order valence-corrected chi connectivity index (χ2v) is 11.9. The zero-order chi connectivity index (χ0) is 33.4. The fourth-order valence-electron chi connectivity index (χ4n) is 5.62. The predicted molar refractivity (Wildman–Crippen MR) is 165 cm³/mol. The molecule has 0 aromatic rings. The summed E-state index contributed by atoms with van der Waals surface area (Å²) in [6.07, 6.45) is 2.34. The highest BCUT2D eigenvalue weighted by Crippen LogP contribution is 2.34. The molecule has 0 fully saturated rings. The van der Waals surface area contributed by atoms with E-state index in [9.17, 15) is 24.3 Å². The Morgan fingerprint density at radius 2 is 1.91 bits per heavy atom. The number of nitrogens with two attached hydrogens (primary N) is 1. The topological polar surface area (TPSA) is 179 Å². The van der Waals surface area contributed by atoms with Gasteiger partial charge in [-0.25, -0.2) is 4.79 Å². The number of aliphatic hydroxyl groups is 1. The van der Waals surface area contributed by atoms with Crippen LogP contribution in [-0.2, 0) is 33.3 Å². The molecule has 3 heterocycles. The van der Waals surface area contributed by atoms with Gasteiger partial charge in [0.15, 0.2) is 12.4 Å². The first-order valence-electron chi connectivity index (χ1n) is 14.9. The number of nitrogens with zero attached hydrogens (tertiary/aromatic N) is 1. The van der Waals surface area contributed by atoms with Crippen LogP contribution in [0, 0.1) is 11.8 Å². The van der Waals surface area contributed by atoms with Crippen molar-refractivity contribution in [2.45, 2.75) is 64.3 Å². The number of hydrogen-bond acceptors (Lipinski definition) is 11. The maximum atomic E-state index is 13.8. The summed E-state index contributed by atoms with van der Waals surface area (Å²) in [5.41, 5.74) is 6.20. The molecule has 0 saturated carbocycles. The number of aliphatic hydroxyl groups excluding tert-OH is 1.